The Morgan fingerprint density at radius 1 is 0.952 bits per heavy atom. The molecule has 0 amide bonds. The molecule has 2 aromatic rings. The number of halogens is 5. The topological polar surface area (TPSA) is 12.0 Å². The molecule has 1 aromatic carbocycles. The molecule has 2 rings (SSSR count). The van der Waals surface area contributed by atoms with Crippen LogP contribution in [0.2, 0.25) is 0 Å². The zero-order chi connectivity index (χ0) is 15.7. The van der Waals surface area contributed by atoms with Crippen LogP contribution in [0.25, 0.3) is 0 Å². The van der Waals surface area contributed by atoms with Crippen LogP contribution in [0.3, 0.4) is 0 Å². The summed E-state index contributed by atoms with van der Waals surface area (Å²) in [6.45, 7) is 1.91. The Morgan fingerprint density at radius 2 is 1.48 bits per heavy atom. The van der Waals surface area contributed by atoms with E-state index in [0.29, 0.717) is 4.88 Å². The van der Waals surface area contributed by atoms with Gasteiger partial charge < -0.3 is 5.32 Å². The highest BCUT2D eigenvalue weighted by Crippen LogP contribution is 2.34. The van der Waals surface area contributed by atoms with Crippen LogP contribution in [0.1, 0.15) is 28.3 Å². The summed E-state index contributed by atoms with van der Waals surface area (Å²) in [5, 5.41) is 2.60. The van der Waals surface area contributed by atoms with E-state index in [2.05, 4.69) is 5.32 Å². The van der Waals surface area contributed by atoms with Crippen LogP contribution in [-0.2, 0) is 6.42 Å². The van der Waals surface area contributed by atoms with Crippen molar-refractivity contribution in [3.63, 3.8) is 0 Å². The highest BCUT2D eigenvalue weighted by atomic mass is 32.1. The van der Waals surface area contributed by atoms with Gasteiger partial charge in [0.05, 0.1) is 11.6 Å². The van der Waals surface area contributed by atoms with E-state index in [1.807, 2.05) is 6.92 Å². The summed E-state index contributed by atoms with van der Waals surface area (Å²) in [7, 11) is 1.40. The van der Waals surface area contributed by atoms with Crippen molar-refractivity contribution >= 4 is 11.3 Å². The Morgan fingerprint density at radius 3 is 1.90 bits per heavy atom. The van der Waals surface area contributed by atoms with Gasteiger partial charge in [0.15, 0.2) is 23.3 Å². The summed E-state index contributed by atoms with van der Waals surface area (Å²) in [5.74, 6) is -9.63. The predicted octanol–water partition coefficient (Wildman–Crippen LogP) is 4.31. The molecule has 1 aromatic heterocycles. The number of benzene rings is 1. The Balaban J connectivity index is 2.62. The molecule has 0 saturated heterocycles. The lowest BCUT2D eigenvalue weighted by Gasteiger charge is -2.17. The molecule has 1 nitrogen and oxygen atoms in total. The van der Waals surface area contributed by atoms with Gasteiger partial charge in [-0.3, -0.25) is 0 Å². The molecule has 114 valence electrons. The normalized spacial score (nSPS) is 12.7. The van der Waals surface area contributed by atoms with Crippen LogP contribution >= 0.6 is 11.3 Å². The largest absolute Gasteiger partial charge is 0.308 e. The summed E-state index contributed by atoms with van der Waals surface area (Å²) < 4.78 is 67.4. The molecule has 0 aliphatic rings. The van der Waals surface area contributed by atoms with Crippen LogP contribution in [0.5, 0.6) is 0 Å². The molecule has 1 heterocycles. The number of hydrogen-bond acceptors (Lipinski definition) is 2. The van der Waals surface area contributed by atoms with E-state index in [9.17, 15) is 22.0 Å². The van der Waals surface area contributed by atoms with E-state index in [4.69, 9.17) is 0 Å². The number of thiophene rings is 1. The molecule has 7 heteroatoms. The Labute approximate surface area is 122 Å². The fourth-order valence-electron chi connectivity index (χ4n) is 2.04. The van der Waals surface area contributed by atoms with Gasteiger partial charge in [-0.1, -0.05) is 6.92 Å². The average molecular weight is 321 g/mol. The van der Waals surface area contributed by atoms with Gasteiger partial charge >= 0.3 is 0 Å². The van der Waals surface area contributed by atoms with E-state index in [-0.39, 0.29) is 0 Å². The smallest absolute Gasteiger partial charge is 0.200 e. The molecule has 0 aliphatic carbocycles. The number of hydrogen-bond donors (Lipinski definition) is 1. The van der Waals surface area contributed by atoms with Gasteiger partial charge in [-0.25, -0.2) is 22.0 Å². The van der Waals surface area contributed by atoms with Crippen molar-refractivity contribution in [3.05, 3.63) is 56.5 Å². The van der Waals surface area contributed by atoms with Gasteiger partial charge in [0.25, 0.3) is 0 Å². The van der Waals surface area contributed by atoms with E-state index in [0.717, 1.165) is 11.3 Å². The van der Waals surface area contributed by atoms with Crippen molar-refractivity contribution in [2.75, 3.05) is 7.05 Å². The van der Waals surface area contributed by atoms with Gasteiger partial charge in [0, 0.05) is 9.75 Å². The molecule has 0 spiro atoms. The molecule has 0 radical (unpaired) electrons. The molecule has 1 unspecified atom stereocenters. The standard InChI is InChI=1S/C14H12F5NS/c1-3-6-4-5-7(21-6)14(20-2)8-9(15)11(17)13(19)12(18)10(8)16/h4-5,14,20H,3H2,1-2H3. The Kier molecular flexibility index (Phi) is 4.63. The maximum absolute atomic E-state index is 13.9. The van der Waals surface area contributed by atoms with Crippen LogP contribution < -0.4 is 5.32 Å². The highest BCUT2D eigenvalue weighted by Gasteiger charge is 2.31. The average Bonchev–Trinajstić information content (AvgIpc) is 2.96. The second kappa shape index (κ2) is 6.11. The summed E-state index contributed by atoms with van der Waals surface area (Å²) >= 11 is 1.26. The minimum Gasteiger partial charge on any atom is -0.308 e. The Hall–Kier alpha value is -1.47. The van der Waals surface area contributed by atoms with Crippen LogP contribution in [0, 0.1) is 29.1 Å². The quantitative estimate of drug-likeness (QED) is 0.502. The first-order valence-corrected chi connectivity index (χ1v) is 7.01. The van der Waals surface area contributed by atoms with Gasteiger partial charge in [-0.15, -0.1) is 11.3 Å². The van der Waals surface area contributed by atoms with Crippen molar-refractivity contribution in [1.29, 1.82) is 0 Å². The lowest BCUT2D eigenvalue weighted by Crippen LogP contribution is -2.21. The Bertz CT molecular complexity index is 639. The number of rotatable bonds is 4. The van der Waals surface area contributed by atoms with E-state index < -0.39 is 40.7 Å². The molecule has 0 bridgehead atoms. The molecular formula is C14H12F5NS. The monoisotopic (exact) mass is 321 g/mol. The molecule has 0 fully saturated rings. The zero-order valence-electron chi connectivity index (χ0n) is 11.2. The van der Waals surface area contributed by atoms with Crippen LogP contribution in [0.15, 0.2) is 12.1 Å². The summed E-state index contributed by atoms with van der Waals surface area (Å²) in [4.78, 5) is 1.44. The second-order valence-corrected chi connectivity index (χ2v) is 5.56. The van der Waals surface area contributed by atoms with E-state index >= 15 is 0 Å². The molecule has 0 aliphatic heterocycles. The molecule has 21 heavy (non-hydrogen) atoms. The van der Waals surface area contributed by atoms with Crippen molar-refractivity contribution < 1.29 is 22.0 Å². The van der Waals surface area contributed by atoms with Gasteiger partial charge in [0.1, 0.15) is 0 Å². The predicted molar refractivity (Wildman–Crippen MR) is 70.8 cm³/mol. The summed E-state index contributed by atoms with van der Waals surface area (Å²) in [6.07, 6.45) is 0.720. The summed E-state index contributed by atoms with van der Waals surface area (Å²) in [5.41, 5.74) is -0.863. The maximum Gasteiger partial charge on any atom is 0.200 e. The van der Waals surface area contributed by atoms with Crippen molar-refractivity contribution in [2.45, 2.75) is 19.4 Å². The zero-order valence-corrected chi connectivity index (χ0v) is 12.1. The molecular weight excluding hydrogens is 309 g/mol. The first kappa shape index (κ1) is 15.9. The first-order chi connectivity index (χ1) is 9.92. The third-order valence-electron chi connectivity index (χ3n) is 3.14. The lowest BCUT2D eigenvalue weighted by molar-refractivity contribution is 0.364. The third-order valence-corrected chi connectivity index (χ3v) is 4.43. The van der Waals surface area contributed by atoms with Crippen LogP contribution in [-0.4, -0.2) is 7.05 Å². The maximum atomic E-state index is 13.9. The molecule has 0 saturated carbocycles. The van der Waals surface area contributed by atoms with Gasteiger partial charge in [-0.05, 0) is 25.6 Å². The minimum absolute atomic E-state index is 0.484. The van der Waals surface area contributed by atoms with E-state index in [1.165, 1.54) is 18.4 Å². The minimum atomic E-state index is -2.15. The van der Waals surface area contributed by atoms with Crippen LogP contribution in [0.4, 0.5) is 22.0 Å². The number of aryl methyl sites for hydroxylation is 1. The fourth-order valence-corrected chi connectivity index (χ4v) is 3.12. The molecule has 1 atom stereocenters. The van der Waals surface area contributed by atoms with E-state index in [1.54, 1.807) is 12.1 Å². The fraction of sp³-hybridized carbons (Fsp3) is 0.286. The summed E-state index contributed by atoms with van der Waals surface area (Å²) in [6, 6.07) is 2.28. The highest BCUT2D eigenvalue weighted by molar-refractivity contribution is 7.12. The van der Waals surface area contributed by atoms with Crippen molar-refractivity contribution in [1.82, 2.24) is 5.32 Å². The van der Waals surface area contributed by atoms with Gasteiger partial charge in [-0.2, -0.15) is 0 Å². The third kappa shape index (κ3) is 2.67. The first-order valence-electron chi connectivity index (χ1n) is 6.19. The second-order valence-electron chi connectivity index (χ2n) is 4.36. The number of nitrogens with one attached hydrogen (secondary N) is 1. The van der Waals surface area contributed by atoms with Crippen molar-refractivity contribution in [2.24, 2.45) is 0 Å². The van der Waals surface area contributed by atoms with Crippen molar-refractivity contribution in [3.8, 4) is 0 Å². The SMILES string of the molecule is CCc1ccc(C(NC)c2c(F)c(F)c(F)c(F)c2F)s1. The lowest BCUT2D eigenvalue weighted by atomic mass is 10.0. The molecule has 1 N–H and O–H groups in total. The van der Waals surface area contributed by atoms with Gasteiger partial charge in [0.2, 0.25) is 5.82 Å².